The van der Waals surface area contributed by atoms with Crippen molar-refractivity contribution in [1.29, 1.82) is 0 Å². The number of hydrogen-bond donors (Lipinski definition) is 2. The van der Waals surface area contributed by atoms with Gasteiger partial charge < -0.3 is 15.1 Å². The van der Waals surface area contributed by atoms with Gasteiger partial charge in [0.1, 0.15) is 0 Å². The Hall–Kier alpha value is -1.56. The van der Waals surface area contributed by atoms with E-state index in [4.69, 9.17) is 4.42 Å². The van der Waals surface area contributed by atoms with Crippen molar-refractivity contribution in [3.8, 4) is 11.3 Å². The number of amides is 1. The van der Waals surface area contributed by atoms with Crippen molar-refractivity contribution in [1.82, 2.24) is 15.6 Å². The molecule has 0 aliphatic carbocycles. The van der Waals surface area contributed by atoms with Gasteiger partial charge in [-0.3, -0.25) is 4.79 Å². The molecule has 1 aliphatic heterocycles. The quantitative estimate of drug-likeness (QED) is 0.777. The molecule has 26 heavy (non-hydrogen) atoms. The van der Waals surface area contributed by atoms with Crippen molar-refractivity contribution in [2.45, 2.75) is 38.6 Å². The predicted molar refractivity (Wildman–Crippen MR) is 108 cm³/mol. The molecule has 2 heterocycles. The number of nitrogens with zero attached hydrogens (tertiary/aromatic N) is 1. The maximum atomic E-state index is 12.1. The van der Waals surface area contributed by atoms with E-state index in [-0.39, 0.29) is 36.8 Å². The molecule has 1 aromatic heterocycles. The first kappa shape index (κ1) is 22.5. The normalized spacial score (nSPS) is 19.1. The third-order valence-electron chi connectivity index (χ3n) is 4.58. The Morgan fingerprint density at radius 1 is 1.31 bits per heavy atom. The van der Waals surface area contributed by atoms with E-state index in [1.54, 1.807) is 6.20 Å². The number of aryl methyl sites for hydroxylation is 1. The molecular weight excluding hydrogens is 373 g/mol. The van der Waals surface area contributed by atoms with E-state index in [0.717, 1.165) is 37.3 Å². The van der Waals surface area contributed by atoms with Crippen molar-refractivity contribution in [3.63, 3.8) is 0 Å². The second-order valence-electron chi connectivity index (χ2n) is 6.48. The van der Waals surface area contributed by atoms with Gasteiger partial charge in [0, 0.05) is 31.0 Å². The fourth-order valence-corrected chi connectivity index (χ4v) is 3.02. The number of rotatable bonds is 6. The number of hydrogen-bond acceptors (Lipinski definition) is 4. The van der Waals surface area contributed by atoms with E-state index in [0.29, 0.717) is 24.7 Å². The number of nitrogens with one attached hydrogen (secondary N) is 2. The summed E-state index contributed by atoms with van der Waals surface area (Å²) in [5, 5.41) is 6.46. The lowest BCUT2D eigenvalue weighted by Gasteiger charge is -2.30. The summed E-state index contributed by atoms with van der Waals surface area (Å²) in [6.45, 7) is 4.11. The number of halogens is 2. The van der Waals surface area contributed by atoms with Crippen LogP contribution in [0.15, 0.2) is 40.9 Å². The Kier molecular flexibility index (Phi) is 9.70. The number of piperidine rings is 1. The van der Waals surface area contributed by atoms with E-state index in [1.807, 2.05) is 30.3 Å². The maximum absolute atomic E-state index is 12.1. The summed E-state index contributed by atoms with van der Waals surface area (Å²) in [6, 6.07) is 10.2. The topological polar surface area (TPSA) is 67.2 Å². The van der Waals surface area contributed by atoms with Gasteiger partial charge in [-0.15, -0.1) is 24.8 Å². The van der Waals surface area contributed by atoms with Crippen molar-refractivity contribution in [2.75, 3.05) is 13.1 Å². The molecule has 1 saturated heterocycles. The molecule has 0 spiro atoms. The molecule has 0 radical (unpaired) electrons. The zero-order valence-electron chi connectivity index (χ0n) is 14.9. The molecule has 1 aliphatic rings. The highest BCUT2D eigenvalue weighted by Gasteiger charge is 2.22. The van der Waals surface area contributed by atoms with Crippen molar-refractivity contribution in [2.24, 2.45) is 5.92 Å². The fraction of sp³-hybridized carbons (Fsp3) is 0.474. The first-order valence-corrected chi connectivity index (χ1v) is 8.72. The molecule has 2 unspecified atom stereocenters. The predicted octanol–water partition coefficient (Wildman–Crippen LogP) is 3.62. The zero-order chi connectivity index (χ0) is 16.8. The van der Waals surface area contributed by atoms with Crippen molar-refractivity contribution < 1.29 is 9.21 Å². The second kappa shape index (κ2) is 11.2. The molecule has 5 nitrogen and oxygen atoms in total. The van der Waals surface area contributed by atoms with Gasteiger partial charge in [0.05, 0.1) is 6.20 Å². The first-order chi connectivity index (χ1) is 11.7. The number of carbonyl (C=O) groups is 1. The van der Waals surface area contributed by atoms with Crippen LogP contribution in [0.4, 0.5) is 0 Å². The third-order valence-corrected chi connectivity index (χ3v) is 4.58. The summed E-state index contributed by atoms with van der Waals surface area (Å²) >= 11 is 0. The van der Waals surface area contributed by atoms with Crippen LogP contribution < -0.4 is 10.6 Å². The van der Waals surface area contributed by atoms with Gasteiger partial charge in [-0.1, -0.05) is 37.3 Å². The van der Waals surface area contributed by atoms with Gasteiger partial charge in [-0.05, 0) is 25.3 Å². The summed E-state index contributed by atoms with van der Waals surface area (Å²) in [7, 11) is 0. The molecule has 2 atom stereocenters. The standard InChI is InChI=1S/C19H25N3O2.2ClH/c1-14-10-11-20-12-16(14)22-18(23)8-5-9-19-21-13-17(24-19)15-6-3-2-4-7-15;;/h2-4,6-7,13-14,16,20H,5,8-12H2,1H3,(H,22,23);2*1H. The van der Waals surface area contributed by atoms with Crippen LogP contribution in [-0.4, -0.2) is 30.0 Å². The van der Waals surface area contributed by atoms with E-state index in [1.165, 1.54) is 0 Å². The lowest BCUT2D eigenvalue weighted by atomic mass is 9.94. The van der Waals surface area contributed by atoms with Crippen LogP contribution in [-0.2, 0) is 11.2 Å². The molecule has 1 amide bonds. The van der Waals surface area contributed by atoms with Crippen LogP contribution in [0.3, 0.4) is 0 Å². The molecule has 0 saturated carbocycles. The number of benzene rings is 1. The molecule has 2 aromatic rings. The van der Waals surface area contributed by atoms with E-state index < -0.39 is 0 Å². The Bertz CT molecular complexity index is 664. The van der Waals surface area contributed by atoms with Gasteiger partial charge >= 0.3 is 0 Å². The summed E-state index contributed by atoms with van der Waals surface area (Å²) in [4.78, 5) is 16.4. The Labute approximate surface area is 167 Å². The smallest absolute Gasteiger partial charge is 0.220 e. The van der Waals surface area contributed by atoms with E-state index in [9.17, 15) is 4.79 Å². The fourth-order valence-electron chi connectivity index (χ4n) is 3.02. The molecule has 7 heteroatoms. The molecule has 1 aromatic carbocycles. The monoisotopic (exact) mass is 399 g/mol. The zero-order valence-corrected chi connectivity index (χ0v) is 16.6. The minimum atomic E-state index is 0. The lowest BCUT2D eigenvalue weighted by Crippen LogP contribution is -2.50. The average molecular weight is 400 g/mol. The van der Waals surface area contributed by atoms with Crippen LogP contribution in [0, 0.1) is 5.92 Å². The highest BCUT2D eigenvalue weighted by atomic mass is 35.5. The van der Waals surface area contributed by atoms with Crippen molar-refractivity contribution in [3.05, 3.63) is 42.4 Å². The van der Waals surface area contributed by atoms with Crippen molar-refractivity contribution >= 4 is 30.7 Å². The summed E-state index contributed by atoms with van der Waals surface area (Å²) in [6.07, 6.45) is 4.80. The Morgan fingerprint density at radius 3 is 2.81 bits per heavy atom. The van der Waals surface area contributed by atoms with E-state index in [2.05, 4.69) is 22.5 Å². The minimum Gasteiger partial charge on any atom is -0.441 e. The number of carbonyl (C=O) groups excluding carboxylic acids is 1. The number of aromatic nitrogens is 1. The molecular formula is C19H27Cl2N3O2. The Morgan fingerprint density at radius 2 is 2.08 bits per heavy atom. The number of oxazole rings is 1. The van der Waals surface area contributed by atoms with Crippen LogP contribution in [0.5, 0.6) is 0 Å². The second-order valence-corrected chi connectivity index (χ2v) is 6.48. The lowest BCUT2D eigenvalue weighted by molar-refractivity contribution is -0.122. The van der Waals surface area contributed by atoms with E-state index >= 15 is 0 Å². The Balaban J connectivity index is 0.00000169. The van der Waals surface area contributed by atoms with Gasteiger partial charge in [0.25, 0.3) is 0 Å². The minimum absolute atomic E-state index is 0. The van der Waals surface area contributed by atoms with Crippen LogP contribution in [0.2, 0.25) is 0 Å². The SMILES string of the molecule is CC1CCNCC1NC(=O)CCCc1ncc(-c2ccccc2)o1.Cl.Cl. The molecule has 0 bridgehead atoms. The van der Waals surface area contributed by atoms with Crippen LogP contribution in [0.1, 0.15) is 32.1 Å². The van der Waals surface area contributed by atoms with Crippen LogP contribution >= 0.6 is 24.8 Å². The third kappa shape index (κ3) is 6.31. The average Bonchev–Trinajstić information content (AvgIpc) is 3.07. The molecule has 2 N–H and O–H groups in total. The maximum Gasteiger partial charge on any atom is 0.220 e. The van der Waals surface area contributed by atoms with Gasteiger partial charge in [0.15, 0.2) is 11.7 Å². The van der Waals surface area contributed by atoms with Gasteiger partial charge in [0.2, 0.25) is 5.91 Å². The summed E-state index contributed by atoms with van der Waals surface area (Å²) in [5.74, 6) is 2.12. The largest absolute Gasteiger partial charge is 0.441 e. The van der Waals surface area contributed by atoms with Gasteiger partial charge in [-0.25, -0.2) is 4.98 Å². The molecule has 3 rings (SSSR count). The summed E-state index contributed by atoms with van der Waals surface area (Å²) in [5.41, 5.74) is 1.02. The molecule has 144 valence electrons. The highest BCUT2D eigenvalue weighted by Crippen LogP contribution is 2.20. The molecule has 1 fully saturated rings. The highest BCUT2D eigenvalue weighted by molar-refractivity contribution is 5.85. The first-order valence-electron chi connectivity index (χ1n) is 8.72. The van der Waals surface area contributed by atoms with Crippen LogP contribution in [0.25, 0.3) is 11.3 Å². The summed E-state index contributed by atoms with van der Waals surface area (Å²) < 4.78 is 5.77. The van der Waals surface area contributed by atoms with Gasteiger partial charge in [-0.2, -0.15) is 0 Å².